The summed E-state index contributed by atoms with van der Waals surface area (Å²) in [4.78, 5) is 22.1. The van der Waals surface area contributed by atoms with Gasteiger partial charge in [-0.25, -0.2) is 4.68 Å². The van der Waals surface area contributed by atoms with Crippen molar-refractivity contribution in [1.82, 2.24) is 19.6 Å². The molecule has 10 heteroatoms. The van der Waals surface area contributed by atoms with E-state index in [0.29, 0.717) is 24.7 Å². The molecule has 0 aliphatic heterocycles. The van der Waals surface area contributed by atoms with Crippen LogP contribution < -0.4 is 5.32 Å². The maximum atomic E-state index is 11.9. The molecule has 0 saturated heterocycles. The predicted molar refractivity (Wildman–Crippen MR) is 76.1 cm³/mol. The van der Waals surface area contributed by atoms with Gasteiger partial charge in [-0.15, -0.1) is 0 Å². The van der Waals surface area contributed by atoms with Crippen LogP contribution in [-0.2, 0) is 22.8 Å². The van der Waals surface area contributed by atoms with Crippen LogP contribution in [0.3, 0.4) is 0 Å². The lowest BCUT2D eigenvalue weighted by atomic mass is 10.4. The lowest BCUT2D eigenvalue weighted by molar-refractivity contribution is -0.385. The van der Waals surface area contributed by atoms with Gasteiger partial charge in [0.15, 0.2) is 0 Å². The Morgan fingerprint density at radius 3 is 2.86 bits per heavy atom. The fourth-order valence-electron chi connectivity index (χ4n) is 1.80. The molecule has 0 unspecified atom stereocenters. The van der Waals surface area contributed by atoms with Crippen molar-refractivity contribution >= 4 is 17.3 Å². The van der Waals surface area contributed by atoms with E-state index in [1.807, 2.05) is 6.92 Å². The summed E-state index contributed by atoms with van der Waals surface area (Å²) in [6.07, 6.45) is 4.25. The minimum Gasteiger partial charge on any atom is -0.360 e. The zero-order valence-electron chi connectivity index (χ0n) is 12.2. The van der Waals surface area contributed by atoms with E-state index in [1.54, 1.807) is 17.8 Å². The van der Waals surface area contributed by atoms with Crippen molar-refractivity contribution in [3.05, 3.63) is 34.4 Å². The smallest absolute Gasteiger partial charge is 0.309 e. The second kappa shape index (κ2) is 6.80. The van der Waals surface area contributed by atoms with Crippen molar-refractivity contribution in [2.75, 3.05) is 11.9 Å². The highest BCUT2D eigenvalue weighted by Crippen LogP contribution is 2.16. The number of nitrogens with zero attached hydrogens (tertiary/aromatic N) is 5. The zero-order chi connectivity index (χ0) is 16.1. The predicted octanol–water partition coefficient (Wildman–Crippen LogP) is 0.929. The maximum Gasteiger partial charge on any atom is 0.309 e. The summed E-state index contributed by atoms with van der Waals surface area (Å²) in [5.41, 5.74) is 0.730. The monoisotopic (exact) mass is 308 g/mol. The molecule has 1 amide bonds. The molecule has 0 fully saturated rings. The summed E-state index contributed by atoms with van der Waals surface area (Å²) in [5.74, 6) is -0.350. The van der Waals surface area contributed by atoms with Crippen LogP contribution in [0.2, 0.25) is 0 Å². The molecular formula is C12H16N6O4. The molecule has 22 heavy (non-hydrogen) atoms. The van der Waals surface area contributed by atoms with Gasteiger partial charge < -0.3 is 10.1 Å². The molecule has 118 valence electrons. The highest BCUT2D eigenvalue weighted by molar-refractivity contribution is 5.90. The van der Waals surface area contributed by atoms with Gasteiger partial charge in [0.25, 0.3) is 0 Å². The largest absolute Gasteiger partial charge is 0.360 e. The molecule has 0 aromatic carbocycles. The van der Waals surface area contributed by atoms with Gasteiger partial charge in [0.1, 0.15) is 25.2 Å². The van der Waals surface area contributed by atoms with E-state index in [0.717, 1.165) is 6.20 Å². The molecule has 0 bridgehead atoms. The number of aromatic nitrogens is 4. The summed E-state index contributed by atoms with van der Waals surface area (Å²) < 4.78 is 8.00. The van der Waals surface area contributed by atoms with Gasteiger partial charge in [0.2, 0.25) is 5.91 Å². The first-order valence-electron chi connectivity index (χ1n) is 6.58. The van der Waals surface area contributed by atoms with E-state index in [4.69, 9.17) is 4.74 Å². The van der Waals surface area contributed by atoms with E-state index >= 15 is 0 Å². The third-order valence-electron chi connectivity index (χ3n) is 2.91. The van der Waals surface area contributed by atoms with Gasteiger partial charge in [0, 0.05) is 6.61 Å². The Labute approximate surface area is 125 Å². The summed E-state index contributed by atoms with van der Waals surface area (Å²) in [6.45, 7) is 4.17. The lowest BCUT2D eigenvalue weighted by Gasteiger charge is -2.04. The average molecular weight is 308 g/mol. The summed E-state index contributed by atoms with van der Waals surface area (Å²) >= 11 is 0. The van der Waals surface area contributed by atoms with Gasteiger partial charge in [-0.05, 0) is 13.8 Å². The first-order valence-corrected chi connectivity index (χ1v) is 6.58. The van der Waals surface area contributed by atoms with Crippen molar-refractivity contribution in [2.45, 2.75) is 27.1 Å². The molecule has 2 aromatic heterocycles. The van der Waals surface area contributed by atoms with E-state index in [1.165, 1.54) is 10.9 Å². The molecule has 0 aliphatic rings. The Morgan fingerprint density at radius 1 is 1.45 bits per heavy atom. The molecule has 0 atom stereocenters. The molecule has 10 nitrogen and oxygen atoms in total. The fraction of sp³-hybridized carbons (Fsp3) is 0.417. The highest BCUT2D eigenvalue weighted by Gasteiger charge is 2.18. The molecule has 2 rings (SSSR count). The number of amides is 1. The number of nitro groups is 1. The molecular weight excluding hydrogens is 292 g/mol. The first kappa shape index (κ1) is 15.6. The lowest BCUT2D eigenvalue weighted by Crippen LogP contribution is -2.20. The van der Waals surface area contributed by atoms with Crippen LogP contribution in [0.15, 0.2) is 18.6 Å². The number of hydrogen-bond acceptors (Lipinski definition) is 6. The van der Waals surface area contributed by atoms with Crippen molar-refractivity contribution in [2.24, 2.45) is 0 Å². The van der Waals surface area contributed by atoms with Crippen LogP contribution in [0, 0.1) is 17.0 Å². The van der Waals surface area contributed by atoms with Gasteiger partial charge in [-0.3, -0.25) is 19.6 Å². The Morgan fingerprint density at radius 2 is 2.23 bits per heavy atom. The van der Waals surface area contributed by atoms with Gasteiger partial charge in [-0.2, -0.15) is 10.2 Å². The quantitative estimate of drug-likeness (QED) is 0.600. The second-order valence-electron chi connectivity index (χ2n) is 4.47. The minimum atomic E-state index is -0.533. The van der Waals surface area contributed by atoms with Crippen LogP contribution in [0.4, 0.5) is 11.4 Å². The van der Waals surface area contributed by atoms with Gasteiger partial charge >= 0.3 is 5.69 Å². The molecule has 1 N–H and O–H groups in total. The number of ether oxygens (including phenoxy) is 1. The molecule has 0 spiro atoms. The van der Waals surface area contributed by atoms with Crippen LogP contribution in [0.5, 0.6) is 0 Å². The molecule has 0 aliphatic carbocycles. The number of hydrogen-bond donors (Lipinski definition) is 1. The summed E-state index contributed by atoms with van der Waals surface area (Å²) in [7, 11) is 0. The SMILES string of the molecule is CCOCn1cc(NC(=O)Cn2ncc([N+](=O)[O-])c2C)cn1. The minimum absolute atomic E-state index is 0.114. The van der Waals surface area contributed by atoms with Crippen molar-refractivity contribution < 1.29 is 14.5 Å². The molecule has 2 heterocycles. The van der Waals surface area contributed by atoms with Crippen LogP contribution in [-0.4, -0.2) is 37.0 Å². The van der Waals surface area contributed by atoms with Crippen LogP contribution >= 0.6 is 0 Å². The normalized spacial score (nSPS) is 10.6. The third-order valence-corrected chi connectivity index (χ3v) is 2.91. The molecule has 0 radical (unpaired) electrons. The van der Waals surface area contributed by atoms with E-state index in [-0.39, 0.29) is 18.1 Å². The maximum absolute atomic E-state index is 11.9. The van der Waals surface area contributed by atoms with E-state index < -0.39 is 4.92 Å². The Kier molecular flexibility index (Phi) is 4.84. The zero-order valence-corrected chi connectivity index (χ0v) is 12.2. The summed E-state index contributed by atoms with van der Waals surface area (Å²) in [6, 6.07) is 0. The number of anilines is 1. The number of carbonyl (C=O) groups excluding carboxylic acids is 1. The number of nitrogens with one attached hydrogen (secondary N) is 1. The Bertz CT molecular complexity index is 677. The first-order chi connectivity index (χ1) is 10.5. The van der Waals surface area contributed by atoms with Gasteiger partial charge in [-0.1, -0.05) is 0 Å². The average Bonchev–Trinajstić information content (AvgIpc) is 3.04. The Hall–Kier alpha value is -2.75. The fourth-order valence-corrected chi connectivity index (χ4v) is 1.80. The second-order valence-corrected chi connectivity index (χ2v) is 4.47. The highest BCUT2D eigenvalue weighted by atomic mass is 16.6. The van der Waals surface area contributed by atoms with Crippen molar-refractivity contribution in [3.63, 3.8) is 0 Å². The van der Waals surface area contributed by atoms with Gasteiger partial charge in [0.05, 0.1) is 23.0 Å². The third kappa shape index (κ3) is 3.67. The standard InChI is InChI=1S/C12H16N6O4/c1-3-22-8-16-6-10(4-13-16)15-12(19)7-17-9(2)11(5-14-17)18(20)21/h4-6H,3,7-8H2,1-2H3,(H,15,19). The van der Waals surface area contributed by atoms with Crippen LogP contribution in [0.25, 0.3) is 0 Å². The topological polar surface area (TPSA) is 117 Å². The van der Waals surface area contributed by atoms with Crippen LogP contribution in [0.1, 0.15) is 12.6 Å². The molecule has 0 saturated carbocycles. The van der Waals surface area contributed by atoms with Crippen molar-refractivity contribution in [3.8, 4) is 0 Å². The van der Waals surface area contributed by atoms with Crippen molar-refractivity contribution in [1.29, 1.82) is 0 Å². The van der Waals surface area contributed by atoms with E-state index in [2.05, 4.69) is 15.5 Å². The Balaban J connectivity index is 1.95. The summed E-state index contributed by atoms with van der Waals surface area (Å²) in [5, 5.41) is 21.2. The number of carbonyl (C=O) groups is 1. The van der Waals surface area contributed by atoms with E-state index in [9.17, 15) is 14.9 Å². The number of rotatable bonds is 7. The molecule has 2 aromatic rings.